The molecular formula is C53H66N2O12S2. The third-order valence-electron chi connectivity index (χ3n) is 15.5. The predicted octanol–water partition coefficient (Wildman–Crippen LogP) is 10.0. The van der Waals surface area contributed by atoms with Crippen LogP contribution in [0.1, 0.15) is 128 Å². The van der Waals surface area contributed by atoms with Crippen molar-refractivity contribution in [3.63, 3.8) is 0 Å². The second-order valence-electron chi connectivity index (χ2n) is 19.6. The van der Waals surface area contributed by atoms with Crippen molar-refractivity contribution >= 4 is 59.3 Å². The van der Waals surface area contributed by atoms with Crippen LogP contribution < -0.4 is 9.47 Å². The molecule has 2 unspecified atom stereocenters. The lowest BCUT2D eigenvalue weighted by Gasteiger charge is -2.36. The van der Waals surface area contributed by atoms with Gasteiger partial charge in [-0.1, -0.05) is 36.7 Å². The van der Waals surface area contributed by atoms with Crippen LogP contribution in [0.25, 0.3) is 0 Å². The molecule has 2 atom stereocenters. The molecule has 5 fully saturated rings. The first-order valence-electron chi connectivity index (χ1n) is 25.2. The summed E-state index contributed by atoms with van der Waals surface area (Å²) in [6.45, 7) is 7.90. The van der Waals surface area contributed by atoms with E-state index >= 15 is 0 Å². The monoisotopic (exact) mass is 986 g/mol. The minimum absolute atomic E-state index is 0.0998. The minimum atomic E-state index is -0.760. The van der Waals surface area contributed by atoms with Crippen LogP contribution in [0.15, 0.2) is 47.2 Å². The van der Waals surface area contributed by atoms with E-state index in [1.54, 1.807) is 12.1 Å². The number of ether oxygens (including phenoxy) is 6. The average Bonchev–Trinajstić information content (AvgIpc) is 3.79. The maximum absolute atomic E-state index is 13.8. The fourth-order valence-corrected chi connectivity index (χ4v) is 14.8. The van der Waals surface area contributed by atoms with Gasteiger partial charge in [0.25, 0.3) is 0 Å². The van der Waals surface area contributed by atoms with Gasteiger partial charge in [0.2, 0.25) is 0 Å². The lowest BCUT2D eigenvalue weighted by molar-refractivity contribution is -0.151. The molecule has 0 saturated heterocycles. The Morgan fingerprint density at radius 2 is 0.783 bits per heavy atom. The summed E-state index contributed by atoms with van der Waals surface area (Å²) in [6, 6.07) is 7.94. The third-order valence-corrected chi connectivity index (χ3v) is 19.0. The second-order valence-corrected chi connectivity index (χ2v) is 22.5. The first-order valence-corrected chi connectivity index (χ1v) is 26.8. The molecule has 69 heavy (non-hydrogen) atoms. The number of nitriles is 2. The van der Waals surface area contributed by atoms with Gasteiger partial charge in [0.05, 0.1) is 83.9 Å². The topological polar surface area (TPSA) is 205 Å². The van der Waals surface area contributed by atoms with E-state index in [1.807, 2.05) is 0 Å². The quantitative estimate of drug-likeness (QED) is 0.0392. The molecule has 372 valence electrons. The zero-order chi connectivity index (χ0) is 48.9. The first-order chi connectivity index (χ1) is 33.5. The number of rotatable bonds is 20. The maximum atomic E-state index is 13.8. The van der Waals surface area contributed by atoms with Crippen LogP contribution in [0.3, 0.4) is 0 Å². The van der Waals surface area contributed by atoms with E-state index in [-0.39, 0.29) is 60.8 Å². The van der Waals surface area contributed by atoms with Crippen molar-refractivity contribution in [3.05, 3.63) is 37.4 Å². The Hall–Kier alpha value is -4.80. The number of hydrogen-bond acceptors (Lipinski definition) is 16. The van der Waals surface area contributed by atoms with Crippen LogP contribution in [0.4, 0.5) is 0 Å². The molecule has 0 amide bonds. The molecule has 1 heterocycles. The van der Waals surface area contributed by atoms with Crippen molar-refractivity contribution < 1.29 is 57.2 Å². The number of hydrogen-bond donors (Lipinski definition) is 0. The molecule has 0 bridgehead atoms. The number of carbonyl (C=O) groups is 6. The SMILES string of the molecule is C=CC(=O)OCCCCOC(=O)C1CCC(C2CCC(C(=O)Oc3ccc(OC(=O)C4CCC(C5CCC(C(=O)OCCCCOC(=O)C=C)CC5)CC4)c4c3SC3(S4)C(C#N)C3C#N)CC2)CC1. The van der Waals surface area contributed by atoms with E-state index in [0.29, 0.717) is 110 Å². The van der Waals surface area contributed by atoms with Gasteiger partial charge in [-0.3, -0.25) is 19.2 Å². The van der Waals surface area contributed by atoms with Gasteiger partial charge >= 0.3 is 35.8 Å². The molecule has 5 aliphatic carbocycles. The number of nitrogens with zero attached hydrogens (tertiary/aromatic N) is 2. The molecular weight excluding hydrogens is 921 g/mol. The Kier molecular flexibility index (Phi) is 18.7. The molecule has 0 N–H and O–H groups in total. The zero-order valence-electron chi connectivity index (χ0n) is 39.6. The average molecular weight is 987 g/mol. The van der Waals surface area contributed by atoms with E-state index in [0.717, 1.165) is 89.2 Å². The normalized spacial score (nSPS) is 30.2. The Bertz CT molecular complexity index is 1990. The smallest absolute Gasteiger partial charge is 0.330 e. The zero-order valence-corrected chi connectivity index (χ0v) is 41.2. The molecule has 1 aromatic carbocycles. The number of esters is 6. The van der Waals surface area contributed by atoms with Gasteiger partial charge in [-0.25, -0.2) is 9.59 Å². The van der Waals surface area contributed by atoms with Crippen LogP contribution in [-0.2, 0) is 47.7 Å². The van der Waals surface area contributed by atoms with Crippen molar-refractivity contribution in [2.45, 2.75) is 142 Å². The molecule has 7 rings (SSSR count). The lowest BCUT2D eigenvalue weighted by atomic mass is 9.69. The van der Waals surface area contributed by atoms with Gasteiger partial charge in [-0.2, -0.15) is 10.5 Å². The highest BCUT2D eigenvalue weighted by atomic mass is 32.2. The van der Waals surface area contributed by atoms with Crippen LogP contribution >= 0.6 is 23.5 Å². The summed E-state index contributed by atoms with van der Waals surface area (Å²) in [5.74, 6) is -0.920. The Labute approximate surface area is 414 Å². The molecule has 1 aliphatic heterocycles. The van der Waals surface area contributed by atoms with E-state index < -0.39 is 27.9 Å². The standard InChI is InChI=1S/C53H66N2O12S2/c1-3-45(56)62-27-5-7-29-64-49(58)37-17-9-33(10-18-37)35-13-21-39(22-14-35)51(60)66-43-25-26-44(48-47(43)68-53(69-48)41(31-54)42(53)32-55)67-52(61)40-23-15-36(16-24-40)34-11-19-38(20-12-34)50(59)65-30-8-6-28-63-46(57)4-2/h3-4,25-26,33-42H,1-2,5-24,27-30H2. The van der Waals surface area contributed by atoms with Gasteiger partial charge in [-0.05, 0) is 164 Å². The molecule has 14 nitrogen and oxygen atoms in total. The molecule has 1 aromatic rings. The third kappa shape index (κ3) is 13.1. The van der Waals surface area contributed by atoms with Crippen LogP contribution in [0.2, 0.25) is 0 Å². The summed E-state index contributed by atoms with van der Waals surface area (Å²) >= 11 is 2.74. The largest absolute Gasteiger partial charge is 0.465 e. The van der Waals surface area contributed by atoms with Crippen LogP contribution in [0, 0.1) is 81.8 Å². The fourth-order valence-electron chi connectivity index (χ4n) is 11.3. The molecule has 1 spiro atoms. The summed E-state index contributed by atoms with van der Waals surface area (Å²) in [5.41, 5.74) is 0. The number of carbonyl (C=O) groups excluding carboxylic acids is 6. The fraction of sp³-hybridized carbons (Fsp3) is 0.660. The lowest BCUT2D eigenvalue weighted by Crippen LogP contribution is -2.31. The van der Waals surface area contributed by atoms with Crippen molar-refractivity contribution in [1.29, 1.82) is 10.5 Å². The summed E-state index contributed by atoms with van der Waals surface area (Å²) in [7, 11) is 0. The minimum Gasteiger partial charge on any atom is -0.465 e. The number of fused-ring (bicyclic) bond motifs is 1. The van der Waals surface area contributed by atoms with Crippen LogP contribution in [0.5, 0.6) is 11.5 Å². The van der Waals surface area contributed by atoms with E-state index in [1.165, 1.54) is 23.5 Å². The number of thioether (sulfide) groups is 2. The van der Waals surface area contributed by atoms with E-state index in [4.69, 9.17) is 28.4 Å². The van der Waals surface area contributed by atoms with Gasteiger partial charge in [0.1, 0.15) is 15.6 Å². The first kappa shape index (κ1) is 52.0. The second kappa shape index (κ2) is 24.8. The summed E-state index contributed by atoms with van der Waals surface area (Å²) < 4.78 is 32.5. The van der Waals surface area contributed by atoms with Crippen LogP contribution in [-0.4, -0.2) is 66.3 Å². The van der Waals surface area contributed by atoms with Crippen molar-refractivity contribution in [1.82, 2.24) is 0 Å². The van der Waals surface area contributed by atoms with Gasteiger partial charge in [0, 0.05) is 12.2 Å². The summed E-state index contributed by atoms with van der Waals surface area (Å²) in [5, 5.41) is 19.9. The van der Waals surface area contributed by atoms with Crippen molar-refractivity contribution in [2.75, 3.05) is 26.4 Å². The molecule has 0 aromatic heterocycles. The Balaban J connectivity index is 0.850. The van der Waals surface area contributed by atoms with Gasteiger partial charge in [0.15, 0.2) is 0 Å². The van der Waals surface area contributed by atoms with Crippen molar-refractivity contribution in [3.8, 4) is 23.6 Å². The molecule has 0 radical (unpaired) electrons. The van der Waals surface area contributed by atoms with Gasteiger partial charge in [-0.15, -0.1) is 0 Å². The number of unbranched alkanes of at least 4 members (excludes halogenated alkanes) is 2. The highest BCUT2D eigenvalue weighted by Crippen LogP contribution is 2.76. The maximum Gasteiger partial charge on any atom is 0.330 e. The highest BCUT2D eigenvalue weighted by Gasteiger charge is 2.71. The summed E-state index contributed by atoms with van der Waals surface area (Å²) in [6.07, 6.45) is 18.2. The van der Waals surface area contributed by atoms with Gasteiger partial charge < -0.3 is 28.4 Å². The molecule has 16 heteroatoms. The van der Waals surface area contributed by atoms with E-state index in [9.17, 15) is 39.3 Å². The van der Waals surface area contributed by atoms with Crippen molar-refractivity contribution in [2.24, 2.45) is 59.2 Å². The Morgan fingerprint density at radius 3 is 1.07 bits per heavy atom. The van der Waals surface area contributed by atoms with E-state index in [2.05, 4.69) is 25.3 Å². The molecule has 6 aliphatic rings. The Morgan fingerprint density at radius 1 is 0.493 bits per heavy atom. The number of benzene rings is 1. The molecule has 5 saturated carbocycles. The summed E-state index contributed by atoms with van der Waals surface area (Å²) in [4.78, 5) is 76.6. The predicted molar refractivity (Wildman–Crippen MR) is 255 cm³/mol. The highest BCUT2D eigenvalue weighted by molar-refractivity contribution is 8.21.